The van der Waals surface area contributed by atoms with Crippen molar-refractivity contribution in [1.82, 2.24) is 4.31 Å². The number of aliphatic hydroxyl groups excluding tert-OH is 1. The Labute approximate surface area is 119 Å². The van der Waals surface area contributed by atoms with Crippen molar-refractivity contribution in [2.75, 3.05) is 19.7 Å². The van der Waals surface area contributed by atoms with Gasteiger partial charge in [-0.05, 0) is 34.1 Å². The maximum atomic E-state index is 12.3. The summed E-state index contributed by atoms with van der Waals surface area (Å²) in [5, 5.41) is 17.8. The molecule has 0 saturated carbocycles. The van der Waals surface area contributed by atoms with E-state index in [-0.39, 0.29) is 34.6 Å². The lowest BCUT2D eigenvalue weighted by Gasteiger charge is -2.20. The van der Waals surface area contributed by atoms with Crippen LogP contribution in [0.4, 0.5) is 0 Å². The van der Waals surface area contributed by atoms with Gasteiger partial charge < -0.3 is 10.2 Å². The molecule has 0 unspecified atom stereocenters. The number of carbonyl (C=O) groups is 1. The molecule has 0 atom stereocenters. The van der Waals surface area contributed by atoms with E-state index in [1.165, 1.54) is 12.1 Å². The van der Waals surface area contributed by atoms with Gasteiger partial charge in [0, 0.05) is 17.6 Å². The summed E-state index contributed by atoms with van der Waals surface area (Å²) in [6.45, 7) is 1.49. The number of benzene rings is 1. The first-order valence-corrected chi connectivity index (χ1v) is 7.71. The molecule has 0 spiro atoms. The van der Waals surface area contributed by atoms with E-state index in [4.69, 9.17) is 10.2 Å². The monoisotopic (exact) mass is 351 g/mol. The molecule has 0 radical (unpaired) electrons. The number of carboxylic acids is 1. The molecule has 0 fully saturated rings. The van der Waals surface area contributed by atoms with Crippen LogP contribution in [0.5, 0.6) is 0 Å². The molecule has 0 heterocycles. The van der Waals surface area contributed by atoms with Gasteiger partial charge in [0.15, 0.2) is 0 Å². The number of rotatable bonds is 6. The zero-order valence-corrected chi connectivity index (χ0v) is 12.6. The van der Waals surface area contributed by atoms with Crippen LogP contribution in [-0.4, -0.2) is 48.6 Å². The Morgan fingerprint density at radius 3 is 2.53 bits per heavy atom. The van der Waals surface area contributed by atoms with E-state index in [9.17, 15) is 13.2 Å². The first-order valence-electron chi connectivity index (χ1n) is 5.48. The lowest BCUT2D eigenvalue weighted by atomic mass is 10.2. The first kappa shape index (κ1) is 16.1. The standard InChI is InChI=1S/C11H14BrNO5S/c1-2-13(5-6-14)19(17,18)10-7-8(11(15)16)3-4-9(10)12/h3-4,7,14H,2,5-6H2,1H3,(H,15,16). The average molecular weight is 352 g/mol. The summed E-state index contributed by atoms with van der Waals surface area (Å²) in [4.78, 5) is 10.8. The Balaban J connectivity index is 3.34. The third-order valence-corrected chi connectivity index (χ3v) is 5.47. The second-order valence-electron chi connectivity index (χ2n) is 3.67. The number of carboxylic acid groups (broad SMARTS) is 1. The van der Waals surface area contributed by atoms with E-state index in [0.717, 1.165) is 10.4 Å². The summed E-state index contributed by atoms with van der Waals surface area (Å²) in [5.74, 6) is -1.20. The summed E-state index contributed by atoms with van der Waals surface area (Å²) < 4.78 is 26.0. The Bertz CT molecular complexity index is 572. The predicted octanol–water partition coefficient (Wildman–Crippen LogP) is 1.15. The highest BCUT2D eigenvalue weighted by molar-refractivity contribution is 9.10. The van der Waals surface area contributed by atoms with Crippen molar-refractivity contribution >= 4 is 31.9 Å². The van der Waals surface area contributed by atoms with Gasteiger partial charge in [0.25, 0.3) is 0 Å². The lowest BCUT2D eigenvalue weighted by molar-refractivity contribution is 0.0696. The van der Waals surface area contributed by atoms with Crippen molar-refractivity contribution in [2.24, 2.45) is 0 Å². The third kappa shape index (κ3) is 3.53. The molecule has 0 bridgehead atoms. The molecule has 106 valence electrons. The summed E-state index contributed by atoms with van der Waals surface area (Å²) in [7, 11) is -3.84. The van der Waals surface area contributed by atoms with Crippen LogP contribution >= 0.6 is 15.9 Å². The number of hydrogen-bond donors (Lipinski definition) is 2. The number of hydrogen-bond acceptors (Lipinski definition) is 4. The van der Waals surface area contributed by atoms with Gasteiger partial charge in [0.1, 0.15) is 0 Å². The second-order valence-corrected chi connectivity index (χ2v) is 6.43. The number of aromatic carboxylic acids is 1. The predicted molar refractivity (Wildman–Crippen MR) is 72.6 cm³/mol. The van der Waals surface area contributed by atoms with Crippen LogP contribution in [0, 0.1) is 0 Å². The summed E-state index contributed by atoms with van der Waals surface area (Å²) in [6.07, 6.45) is 0. The number of aliphatic hydroxyl groups is 1. The number of sulfonamides is 1. The molecule has 0 aliphatic rings. The minimum Gasteiger partial charge on any atom is -0.478 e. The summed E-state index contributed by atoms with van der Waals surface area (Å²) in [6, 6.07) is 3.79. The molecule has 0 amide bonds. The highest BCUT2D eigenvalue weighted by Crippen LogP contribution is 2.26. The maximum Gasteiger partial charge on any atom is 0.335 e. The highest BCUT2D eigenvalue weighted by Gasteiger charge is 2.26. The molecule has 1 rings (SSSR count). The van der Waals surface area contributed by atoms with Gasteiger partial charge in [0.2, 0.25) is 10.0 Å². The van der Waals surface area contributed by atoms with Crippen molar-refractivity contribution in [3.8, 4) is 0 Å². The van der Waals surface area contributed by atoms with Gasteiger partial charge in [-0.1, -0.05) is 6.92 Å². The van der Waals surface area contributed by atoms with Gasteiger partial charge in [0.05, 0.1) is 17.1 Å². The summed E-state index contributed by atoms with van der Waals surface area (Å²) >= 11 is 3.10. The van der Waals surface area contributed by atoms with Gasteiger partial charge in [-0.2, -0.15) is 4.31 Å². The Hall–Kier alpha value is -0.960. The van der Waals surface area contributed by atoms with Crippen LogP contribution < -0.4 is 0 Å². The highest BCUT2D eigenvalue weighted by atomic mass is 79.9. The first-order chi connectivity index (χ1) is 8.84. The molecule has 8 heteroatoms. The third-order valence-electron chi connectivity index (χ3n) is 2.50. The molecule has 19 heavy (non-hydrogen) atoms. The molecule has 0 aliphatic carbocycles. The number of halogens is 1. The van der Waals surface area contributed by atoms with E-state index in [0.29, 0.717) is 0 Å². The fraction of sp³-hybridized carbons (Fsp3) is 0.364. The van der Waals surface area contributed by atoms with Crippen LogP contribution in [0.3, 0.4) is 0 Å². The largest absolute Gasteiger partial charge is 0.478 e. The molecule has 0 saturated heterocycles. The van der Waals surface area contributed by atoms with Crippen LogP contribution in [0.15, 0.2) is 27.6 Å². The van der Waals surface area contributed by atoms with Crippen LogP contribution in [-0.2, 0) is 10.0 Å². The van der Waals surface area contributed by atoms with E-state index in [1.54, 1.807) is 6.92 Å². The molecule has 6 nitrogen and oxygen atoms in total. The number of likely N-dealkylation sites (N-methyl/N-ethyl adjacent to an activating group) is 1. The van der Waals surface area contributed by atoms with Gasteiger partial charge in [-0.3, -0.25) is 0 Å². The normalized spacial score (nSPS) is 11.8. The van der Waals surface area contributed by atoms with Crippen molar-refractivity contribution in [2.45, 2.75) is 11.8 Å². The molecule has 0 aliphatic heterocycles. The molecular formula is C11H14BrNO5S. The minimum absolute atomic E-state index is 0.0391. The smallest absolute Gasteiger partial charge is 0.335 e. The Morgan fingerprint density at radius 1 is 1.42 bits per heavy atom. The fourth-order valence-electron chi connectivity index (χ4n) is 1.53. The quantitative estimate of drug-likeness (QED) is 0.801. The van der Waals surface area contributed by atoms with Crippen molar-refractivity contribution in [3.05, 3.63) is 28.2 Å². The van der Waals surface area contributed by atoms with Crippen molar-refractivity contribution < 1.29 is 23.4 Å². The zero-order valence-electron chi connectivity index (χ0n) is 10.2. The second kappa shape index (κ2) is 6.47. The van der Waals surface area contributed by atoms with E-state index in [2.05, 4.69) is 15.9 Å². The Kier molecular flexibility index (Phi) is 5.48. The molecule has 1 aromatic carbocycles. The molecule has 0 aromatic heterocycles. The number of nitrogens with zero attached hydrogens (tertiary/aromatic N) is 1. The average Bonchev–Trinajstić information content (AvgIpc) is 2.35. The van der Waals surface area contributed by atoms with Crippen LogP contribution in [0.2, 0.25) is 0 Å². The zero-order chi connectivity index (χ0) is 14.6. The molecule has 1 aromatic rings. The topological polar surface area (TPSA) is 94.9 Å². The fourth-order valence-corrected chi connectivity index (χ4v) is 3.92. The molecular weight excluding hydrogens is 338 g/mol. The maximum absolute atomic E-state index is 12.3. The SMILES string of the molecule is CCN(CCO)S(=O)(=O)c1cc(C(=O)O)ccc1Br. The van der Waals surface area contributed by atoms with Gasteiger partial charge >= 0.3 is 5.97 Å². The summed E-state index contributed by atoms with van der Waals surface area (Å²) in [5.41, 5.74) is -0.109. The Morgan fingerprint density at radius 2 is 2.05 bits per heavy atom. The molecule has 2 N–H and O–H groups in total. The van der Waals surface area contributed by atoms with Crippen LogP contribution in [0.25, 0.3) is 0 Å². The lowest BCUT2D eigenvalue weighted by Crippen LogP contribution is -2.33. The van der Waals surface area contributed by atoms with E-state index >= 15 is 0 Å². The van der Waals surface area contributed by atoms with Crippen molar-refractivity contribution in [3.63, 3.8) is 0 Å². The van der Waals surface area contributed by atoms with E-state index in [1.807, 2.05) is 0 Å². The van der Waals surface area contributed by atoms with Crippen LogP contribution in [0.1, 0.15) is 17.3 Å². The van der Waals surface area contributed by atoms with E-state index < -0.39 is 16.0 Å². The van der Waals surface area contributed by atoms with Gasteiger partial charge in [-0.25, -0.2) is 13.2 Å². The minimum atomic E-state index is -3.84. The van der Waals surface area contributed by atoms with Gasteiger partial charge in [-0.15, -0.1) is 0 Å². The van der Waals surface area contributed by atoms with Crippen molar-refractivity contribution in [1.29, 1.82) is 0 Å².